The number of esters is 1. The summed E-state index contributed by atoms with van der Waals surface area (Å²) in [5.74, 6) is -2.57. The van der Waals surface area contributed by atoms with Gasteiger partial charge in [0.25, 0.3) is 0 Å². The quantitative estimate of drug-likeness (QED) is 0.163. The molecule has 19 heavy (non-hydrogen) atoms. The molecule has 0 aliphatic rings. The molecule has 0 aliphatic heterocycles. The fourth-order valence-corrected chi connectivity index (χ4v) is 5.13. The SMILES string of the molecule is CS(=O)(=O)/N=C(/[O-])C(=O)Oc1c(I)cc(I)cc1I. The molecule has 0 unspecified atom stereocenters. The van der Waals surface area contributed by atoms with Crippen LogP contribution in [0, 0.1) is 10.7 Å². The summed E-state index contributed by atoms with van der Waals surface area (Å²) in [7, 11) is -3.92. The first-order chi connectivity index (χ1) is 8.60. The van der Waals surface area contributed by atoms with Crippen LogP contribution in [0.5, 0.6) is 5.75 Å². The first-order valence-corrected chi connectivity index (χ1v) is 9.52. The molecule has 0 saturated carbocycles. The predicted molar refractivity (Wildman–Crippen MR) is 92.5 cm³/mol. The Balaban J connectivity index is 3.05. The van der Waals surface area contributed by atoms with Gasteiger partial charge in [0.1, 0.15) is 0 Å². The van der Waals surface area contributed by atoms with Crippen LogP contribution in [0.25, 0.3) is 0 Å². The van der Waals surface area contributed by atoms with Gasteiger partial charge in [0.15, 0.2) is 5.75 Å². The number of sulfonamides is 1. The average molecular weight is 620 g/mol. The lowest BCUT2D eigenvalue weighted by Crippen LogP contribution is -2.33. The van der Waals surface area contributed by atoms with Crippen LogP contribution in [0.15, 0.2) is 16.5 Å². The lowest BCUT2D eigenvalue weighted by Gasteiger charge is -2.12. The van der Waals surface area contributed by atoms with E-state index in [9.17, 15) is 18.3 Å². The van der Waals surface area contributed by atoms with Crippen LogP contribution in [0.2, 0.25) is 0 Å². The molecule has 0 spiro atoms. The van der Waals surface area contributed by atoms with Crippen LogP contribution in [0.1, 0.15) is 0 Å². The molecular weight excluding hydrogens is 615 g/mol. The Hall–Kier alpha value is 0.300. The van der Waals surface area contributed by atoms with Gasteiger partial charge in [0.2, 0.25) is 10.0 Å². The van der Waals surface area contributed by atoms with Crippen molar-refractivity contribution < 1.29 is 23.1 Å². The Kier molecular flexibility index (Phi) is 6.25. The van der Waals surface area contributed by atoms with Gasteiger partial charge in [-0.3, -0.25) is 0 Å². The van der Waals surface area contributed by atoms with Crippen molar-refractivity contribution in [1.29, 1.82) is 0 Å². The Morgan fingerprint density at radius 1 is 1.26 bits per heavy atom. The van der Waals surface area contributed by atoms with E-state index < -0.39 is 21.9 Å². The zero-order valence-electron chi connectivity index (χ0n) is 9.19. The first-order valence-electron chi connectivity index (χ1n) is 4.44. The number of rotatable bonds is 2. The van der Waals surface area contributed by atoms with E-state index in [2.05, 4.69) is 27.0 Å². The average Bonchev–Trinajstić information content (AvgIpc) is 2.20. The zero-order valence-corrected chi connectivity index (χ0v) is 16.5. The van der Waals surface area contributed by atoms with Crippen LogP contribution in [-0.4, -0.2) is 26.5 Å². The largest absolute Gasteiger partial charge is 0.853 e. The molecule has 6 nitrogen and oxygen atoms in total. The molecule has 0 N–H and O–H groups in total. The maximum absolute atomic E-state index is 11.4. The number of benzene rings is 1. The lowest BCUT2D eigenvalue weighted by atomic mass is 10.3. The van der Waals surface area contributed by atoms with Crippen molar-refractivity contribution in [2.45, 2.75) is 0 Å². The highest BCUT2D eigenvalue weighted by Crippen LogP contribution is 2.29. The van der Waals surface area contributed by atoms with Crippen molar-refractivity contribution in [2.75, 3.05) is 6.26 Å². The third kappa shape index (κ3) is 5.66. The van der Waals surface area contributed by atoms with Gasteiger partial charge in [-0.1, -0.05) is 0 Å². The minimum atomic E-state index is -3.92. The van der Waals surface area contributed by atoms with Crippen molar-refractivity contribution in [3.63, 3.8) is 0 Å². The summed E-state index contributed by atoms with van der Waals surface area (Å²) in [4.78, 5) is 11.4. The van der Waals surface area contributed by atoms with E-state index in [-0.39, 0.29) is 5.75 Å². The molecule has 0 saturated heterocycles. The van der Waals surface area contributed by atoms with Gasteiger partial charge in [-0.25, -0.2) is 13.2 Å². The monoisotopic (exact) mass is 620 g/mol. The van der Waals surface area contributed by atoms with Crippen molar-refractivity contribution in [2.24, 2.45) is 4.40 Å². The van der Waals surface area contributed by atoms with E-state index in [1.807, 2.05) is 45.2 Å². The zero-order chi connectivity index (χ0) is 14.8. The number of nitrogens with zero attached hydrogens (tertiary/aromatic N) is 1. The van der Waals surface area contributed by atoms with E-state index in [1.165, 1.54) is 0 Å². The highest BCUT2D eigenvalue weighted by Gasteiger charge is 2.14. The van der Waals surface area contributed by atoms with E-state index in [1.54, 1.807) is 12.1 Å². The summed E-state index contributed by atoms with van der Waals surface area (Å²) in [6.45, 7) is 0. The fraction of sp³-hybridized carbons (Fsp3) is 0.111. The van der Waals surface area contributed by atoms with Gasteiger partial charge in [0, 0.05) is 3.57 Å². The van der Waals surface area contributed by atoms with Crippen molar-refractivity contribution >= 4 is 89.7 Å². The minimum Gasteiger partial charge on any atom is -0.853 e. The van der Waals surface area contributed by atoms with Gasteiger partial charge < -0.3 is 9.84 Å². The van der Waals surface area contributed by atoms with Crippen LogP contribution in [0.4, 0.5) is 0 Å². The Morgan fingerprint density at radius 3 is 2.16 bits per heavy atom. The third-order valence-corrected chi connectivity index (χ3v) is 4.30. The summed E-state index contributed by atoms with van der Waals surface area (Å²) in [5.41, 5.74) is 0. The standard InChI is InChI=1S/C9H6I3NO5S/c1-19(16,17)13-8(14)9(15)18-7-5(11)2-4(10)3-6(7)12/h2-3H,1H3,(H,13,14)/p-1. The van der Waals surface area contributed by atoms with E-state index in [0.29, 0.717) is 7.14 Å². The van der Waals surface area contributed by atoms with Crippen LogP contribution < -0.4 is 9.84 Å². The van der Waals surface area contributed by atoms with E-state index >= 15 is 0 Å². The van der Waals surface area contributed by atoms with Crippen molar-refractivity contribution in [3.05, 3.63) is 22.8 Å². The van der Waals surface area contributed by atoms with Crippen LogP contribution in [0.3, 0.4) is 0 Å². The smallest absolute Gasteiger partial charge is 0.348 e. The van der Waals surface area contributed by atoms with Gasteiger partial charge in [0.05, 0.1) is 19.3 Å². The van der Waals surface area contributed by atoms with Crippen LogP contribution >= 0.6 is 67.8 Å². The molecule has 10 heteroatoms. The molecule has 0 bridgehead atoms. The lowest BCUT2D eigenvalue weighted by molar-refractivity contribution is -0.220. The third-order valence-electron chi connectivity index (χ3n) is 1.58. The molecule has 0 radical (unpaired) electrons. The molecule has 1 aromatic rings. The number of halogens is 3. The summed E-state index contributed by atoms with van der Waals surface area (Å²) < 4.78 is 31.4. The fourth-order valence-electron chi connectivity index (χ4n) is 0.951. The summed E-state index contributed by atoms with van der Waals surface area (Å²) in [6, 6.07) is 3.51. The molecular formula is C9H5I3NO5S-. The van der Waals surface area contributed by atoms with Crippen LogP contribution in [-0.2, 0) is 14.8 Å². The first kappa shape index (κ1) is 17.4. The van der Waals surface area contributed by atoms with Gasteiger partial charge in [-0.2, -0.15) is 4.40 Å². The molecule has 0 heterocycles. The maximum Gasteiger partial charge on any atom is 0.348 e. The van der Waals surface area contributed by atoms with Gasteiger partial charge >= 0.3 is 5.97 Å². The maximum atomic E-state index is 11.4. The molecule has 104 valence electrons. The molecule has 0 fully saturated rings. The number of ether oxygens (including phenoxy) is 1. The molecule has 0 aromatic heterocycles. The van der Waals surface area contributed by atoms with E-state index in [4.69, 9.17) is 4.74 Å². The highest BCUT2D eigenvalue weighted by molar-refractivity contribution is 14.1. The van der Waals surface area contributed by atoms with E-state index in [0.717, 1.165) is 9.83 Å². The highest BCUT2D eigenvalue weighted by atomic mass is 127. The summed E-state index contributed by atoms with van der Waals surface area (Å²) in [6.07, 6.45) is 0.719. The normalized spacial score (nSPS) is 12.3. The van der Waals surface area contributed by atoms with Gasteiger partial charge in [-0.05, 0) is 79.9 Å². The predicted octanol–water partition coefficient (Wildman–Crippen LogP) is 1.12. The minimum absolute atomic E-state index is 0.212. The Morgan fingerprint density at radius 2 is 1.74 bits per heavy atom. The molecule has 0 aliphatic carbocycles. The second-order valence-electron chi connectivity index (χ2n) is 3.22. The molecule has 0 amide bonds. The molecule has 1 aromatic carbocycles. The van der Waals surface area contributed by atoms with Crippen molar-refractivity contribution in [1.82, 2.24) is 0 Å². The number of carbonyl (C=O) groups excluding carboxylic acids is 1. The summed E-state index contributed by atoms with van der Waals surface area (Å²) in [5, 5.41) is 11.2. The molecule has 0 atom stereocenters. The van der Waals surface area contributed by atoms with Gasteiger partial charge in [-0.15, -0.1) is 0 Å². The Bertz CT molecular complexity index is 633. The Labute approximate surface area is 150 Å². The second-order valence-corrected chi connectivity index (χ2v) is 8.44. The topological polar surface area (TPSA) is 95.9 Å². The molecule has 1 rings (SSSR count). The van der Waals surface area contributed by atoms with Crippen molar-refractivity contribution in [3.8, 4) is 5.75 Å². The number of carbonyl (C=O) groups is 1. The summed E-state index contributed by atoms with van der Waals surface area (Å²) >= 11 is 6.00. The number of hydrogen-bond donors (Lipinski definition) is 0. The number of hydrogen-bond acceptors (Lipinski definition) is 5. The second kappa shape index (κ2) is 6.84.